The summed E-state index contributed by atoms with van der Waals surface area (Å²) in [6.45, 7) is 0.959. The Hall–Kier alpha value is -0.313. The van der Waals surface area contributed by atoms with Crippen molar-refractivity contribution in [3.8, 4) is 0 Å². The Morgan fingerprint density at radius 1 is 1.28 bits per heavy atom. The lowest BCUT2D eigenvalue weighted by Crippen LogP contribution is -2.37. The molecule has 2 rings (SSSR count). The molecule has 0 amide bonds. The number of halogens is 1. The van der Waals surface area contributed by atoms with E-state index in [-0.39, 0.29) is 5.22 Å². The van der Waals surface area contributed by atoms with Crippen LogP contribution in [0.3, 0.4) is 0 Å². The number of ether oxygens (including phenoxy) is 1. The number of benzene rings is 1. The molecule has 2 atom stereocenters. The van der Waals surface area contributed by atoms with E-state index in [4.69, 9.17) is 16.3 Å². The third-order valence-corrected chi connectivity index (χ3v) is 5.69. The van der Waals surface area contributed by atoms with Crippen molar-refractivity contribution in [2.24, 2.45) is 0 Å². The van der Waals surface area contributed by atoms with Crippen molar-refractivity contribution in [3.05, 3.63) is 35.9 Å². The van der Waals surface area contributed by atoms with Crippen LogP contribution in [0.5, 0.6) is 0 Å². The van der Waals surface area contributed by atoms with Gasteiger partial charge < -0.3 is 4.74 Å². The number of hydrogen-bond acceptors (Lipinski definition) is 1. The summed E-state index contributed by atoms with van der Waals surface area (Å²) in [6.07, 6.45) is 6.15. The maximum Gasteiger partial charge on any atom is 0.0486 e. The maximum absolute atomic E-state index is 6.14. The molecular weight excluding hydrogens is 260 g/mol. The molecule has 18 heavy (non-hydrogen) atoms. The van der Waals surface area contributed by atoms with Gasteiger partial charge in [0, 0.05) is 28.0 Å². The quantitative estimate of drug-likeness (QED) is 0.596. The first-order valence-corrected chi connectivity index (χ1v) is 8.52. The zero-order valence-electron chi connectivity index (χ0n) is 11.2. The Morgan fingerprint density at radius 3 is 2.67 bits per heavy atom. The third kappa shape index (κ3) is 3.84. The lowest BCUT2D eigenvalue weighted by atomic mass is 9.92. The minimum atomic E-state index is 0.220. The summed E-state index contributed by atoms with van der Waals surface area (Å²) >= 11 is 6.14. The van der Waals surface area contributed by atoms with Crippen molar-refractivity contribution in [1.29, 1.82) is 0 Å². The monoisotopic (exact) mass is 282 g/mol. The molecule has 1 aliphatic rings. The van der Waals surface area contributed by atoms with Crippen LogP contribution in [0.4, 0.5) is 0 Å². The van der Waals surface area contributed by atoms with Gasteiger partial charge in [-0.2, -0.15) is 0 Å². The molecule has 0 N–H and O–H groups in total. The van der Waals surface area contributed by atoms with E-state index in [1.54, 1.807) is 0 Å². The zero-order valence-corrected chi connectivity index (χ0v) is 14.0. The second kappa shape index (κ2) is 6.74. The van der Waals surface area contributed by atoms with Crippen molar-refractivity contribution in [1.82, 2.24) is 0 Å². The minimum absolute atomic E-state index is 0.220. The molecule has 1 aromatic rings. The van der Waals surface area contributed by atoms with Crippen LogP contribution in [0.25, 0.3) is 0 Å². The lowest BCUT2D eigenvalue weighted by molar-refractivity contribution is -0.0244. The van der Waals surface area contributed by atoms with Gasteiger partial charge in [-0.1, -0.05) is 30.3 Å². The molecule has 2 unspecified atom stereocenters. The first-order chi connectivity index (χ1) is 8.73. The molecule has 1 aromatic carbocycles. The SMILES string of the molecule is [SiH3]C1(CCC(CCl)c2ccccc2)CCCCO1. The van der Waals surface area contributed by atoms with Gasteiger partial charge in [0.1, 0.15) is 0 Å². The van der Waals surface area contributed by atoms with Crippen LogP contribution in [0.15, 0.2) is 30.3 Å². The largest absolute Gasteiger partial charge is 0.380 e. The van der Waals surface area contributed by atoms with Crippen molar-refractivity contribution in [2.75, 3.05) is 12.5 Å². The van der Waals surface area contributed by atoms with Crippen LogP contribution < -0.4 is 0 Å². The lowest BCUT2D eigenvalue weighted by Gasteiger charge is -2.35. The average molecular weight is 283 g/mol. The summed E-state index contributed by atoms with van der Waals surface area (Å²) < 4.78 is 6.01. The predicted octanol–water partition coefficient (Wildman–Crippen LogP) is 3.05. The van der Waals surface area contributed by atoms with Crippen LogP contribution in [-0.4, -0.2) is 28.0 Å². The predicted molar refractivity (Wildman–Crippen MR) is 81.6 cm³/mol. The van der Waals surface area contributed by atoms with E-state index >= 15 is 0 Å². The second-order valence-corrected chi connectivity index (χ2v) is 7.69. The summed E-state index contributed by atoms with van der Waals surface area (Å²) in [5.74, 6) is 1.19. The van der Waals surface area contributed by atoms with Crippen molar-refractivity contribution >= 4 is 21.8 Å². The third-order valence-electron chi connectivity index (χ3n) is 4.03. The summed E-state index contributed by atoms with van der Waals surface area (Å²) in [7, 11) is 1.14. The summed E-state index contributed by atoms with van der Waals surface area (Å²) in [5, 5.41) is 0.220. The molecule has 1 heterocycles. The smallest absolute Gasteiger partial charge is 0.0486 e. The van der Waals surface area contributed by atoms with Gasteiger partial charge >= 0.3 is 0 Å². The van der Waals surface area contributed by atoms with Gasteiger partial charge in [-0.3, -0.25) is 0 Å². The molecule has 1 nitrogen and oxygen atoms in total. The number of alkyl halides is 1. The van der Waals surface area contributed by atoms with Crippen molar-refractivity contribution in [3.63, 3.8) is 0 Å². The van der Waals surface area contributed by atoms with E-state index in [0.717, 1.165) is 23.3 Å². The molecule has 3 heteroatoms. The van der Waals surface area contributed by atoms with Gasteiger partial charge in [0.15, 0.2) is 0 Å². The fraction of sp³-hybridized carbons (Fsp3) is 0.600. The second-order valence-electron chi connectivity index (χ2n) is 5.56. The highest BCUT2D eigenvalue weighted by atomic mass is 35.5. The molecule has 0 radical (unpaired) electrons. The van der Waals surface area contributed by atoms with Crippen LogP contribution in [-0.2, 0) is 4.74 Å². The van der Waals surface area contributed by atoms with E-state index in [0.29, 0.717) is 11.8 Å². The van der Waals surface area contributed by atoms with Crippen molar-refractivity contribution in [2.45, 2.75) is 43.2 Å². The topological polar surface area (TPSA) is 9.23 Å². The molecule has 0 saturated carbocycles. The van der Waals surface area contributed by atoms with E-state index in [1.807, 2.05) is 0 Å². The van der Waals surface area contributed by atoms with E-state index in [1.165, 1.54) is 31.2 Å². The molecule has 0 bridgehead atoms. The van der Waals surface area contributed by atoms with Crippen LogP contribution >= 0.6 is 11.6 Å². The molecular formula is C15H23ClOSi. The highest BCUT2D eigenvalue weighted by molar-refractivity contribution is 6.18. The average Bonchev–Trinajstić information content (AvgIpc) is 2.41. The molecule has 1 fully saturated rings. The highest BCUT2D eigenvalue weighted by Crippen LogP contribution is 2.31. The van der Waals surface area contributed by atoms with E-state index < -0.39 is 0 Å². The zero-order chi connectivity index (χ0) is 12.8. The fourth-order valence-corrected chi connectivity index (χ4v) is 3.91. The molecule has 0 aliphatic carbocycles. The van der Waals surface area contributed by atoms with Crippen LogP contribution in [0.1, 0.15) is 43.6 Å². The highest BCUT2D eigenvalue weighted by Gasteiger charge is 2.28. The Labute approximate surface area is 118 Å². The Morgan fingerprint density at radius 2 is 2.06 bits per heavy atom. The van der Waals surface area contributed by atoms with Crippen molar-refractivity contribution < 1.29 is 4.74 Å². The Kier molecular flexibility index (Phi) is 5.28. The Balaban J connectivity index is 1.91. The van der Waals surface area contributed by atoms with Crippen LogP contribution in [0, 0.1) is 0 Å². The van der Waals surface area contributed by atoms with Gasteiger partial charge in [-0.25, -0.2) is 0 Å². The first-order valence-electron chi connectivity index (χ1n) is 6.98. The Bertz CT molecular complexity index is 349. The standard InChI is InChI=1S/C15H23ClOSi/c16-12-14(13-6-2-1-3-7-13)8-10-15(18)9-4-5-11-17-15/h1-3,6-7,14H,4-5,8-12H2,18H3. The summed E-state index contributed by atoms with van der Waals surface area (Å²) in [5.41, 5.74) is 1.37. The normalized spacial score (nSPS) is 26.1. The fourth-order valence-electron chi connectivity index (χ4n) is 2.73. The van der Waals surface area contributed by atoms with Gasteiger partial charge in [0.2, 0.25) is 0 Å². The van der Waals surface area contributed by atoms with Gasteiger partial charge in [-0.05, 0) is 43.6 Å². The summed E-state index contributed by atoms with van der Waals surface area (Å²) in [6, 6.07) is 10.6. The number of rotatable bonds is 5. The van der Waals surface area contributed by atoms with E-state index in [9.17, 15) is 0 Å². The summed E-state index contributed by atoms with van der Waals surface area (Å²) in [4.78, 5) is 0. The molecule has 1 saturated heterocycles. The molecule has 1 aliphatic heterocycles. The van der Waals surface area contributed by atoms with Gasteiger partial charge in [0.25, 0.3) is 0 Å². The molecule has 0 aromatic heterocycles. The maximum atomic E-state index is 6.14. The minimum Gasteiger partial charge on any atom is -0.380 e. The molecule has 100 valence electrons. The number of hydrogen-bond donors (Lipinski definition) is 0. The van der Waals surface area contributed by atoms with Gasteiger partial charge in [0.05, 0.1) is 0 Å². The first kappa shape index (κ1) is 14.1. The van der Waals surface area contributed by atoms with Crippen LogP contribution in [0.2, 0.25) is 0 Å². The van der Waals surface area contributed by atoms with Gasteiger partial charge in [-0.15, -0.1) is 11.6 Å². The molecule has 0 spiro atoms. The van der Waals surface area contributed by atoms with E-state index in [2.05, 4.69) is 30.3 Å².